The standard InChI is InChI=1S/C20H24N4.C6H12/c1-12(2)23-19-9-17(15(6)10-21-19)16-7-14(5)20-18(8-16)24(11-22-20)13(3)4;1-2-4-6-5-3-1/h7-11,13H,1H2,2-6H3,(H,21,23);1-6H2. The Morgan fingerprint density at radius 1 is 0.967 bits per heavy atom. The Hall–Kier alpha value is -2.62. The summed E-state index contributed by atoms with van der Waals surface area (Å²) in [6.07, 6.45) is 12.8. The zero-order chi connectivity index (χ0) is 21.7. The zero-order valence-corrected chi connectivity index (χ0v) is 19.3. The first-order valence-electron chi connectivity index (χ1n) is 11.2. The summed E-state index contributed by atoms with van der Waals surface area (Å²) in [6, 6.07) is 6.89. The highest BCUT2D eigenvalue weighted by atomic mass is 15.1. The van der Waals surface area contributed by atoms with Gasteiger partial charge in [-0.25, -0.2) is 9.97 Å². The summed E-state index contributed by atoms with van der Waals surface area (Å²) >= 11 is 0. The predicted molar refractivity (Wildman–Crippen MR) is 129 cm³/mol. The second-order valence-corrected chi connectivity index (χ2v) is 8.82. The first kappa shape index (κ1) is 22.1. The van der Waals surface area contributed by atoms with Gasteiger partial charge < -0.3 is 9.88 Å². The summed E-state index contributed by atoms with van der Waals surface area (Å²) in [6.45, 7) is 14.4. The number of aryl methyl sites for hydroxylation is 2. The molecule has 1 aromatic carbocycles. The van der Waals surface area contributed by atoms with E-state index < -0.39 is 0 Å². The van der Waals surface area contributed by atoms with Crippen LogP contribution in [0.3, 0.4) is 0 Å². The fourth-order valence-electron chi connectivity index (χ4n) is 4.06. The molecule has 30 heavy (non-hydrogen) atoms. The van der Waals surface area contributed by atoms with Crippen LogP contribution in [0.2, 0.25) is 0 Å². The smallest absolute Gasteiger partial charge is 0.130 e. The lowest BCUT2D eigenvalue weighted by molar-refractivity contribution is 0.504. The number of hydrogen-bond acceptors (Lipinski definition) is 3. The monoisotopic (exact) mass is 404 g/mol. The van der Waals surface area contributed by atoms with Crippen LogP contribution in [0.1, 0.15) is 76.5 Å². The Bertz CT molecular complexity index is 998. The molecule has 4 rings (SSSR count). The van der Waals surface area contributed by atoms with Crippen LogP contribution in [-0.4, -0.2) is 14.5 Å². The molecule has 0 bridgehead atoms. The van der Waals surface area contributed by atoms with E-state index in [-0.39, 0.29) is 0 Å². The number of anilines is 1. The molecule has 1 fully saturated rings. The summed E-state index contributed by atoms with van der Waals surface area (Å²) in [5, 5.41) is 3.20. The minimum atomic E-state index is 0.379. The van der Waals surface area contributed by atoms with Gasteiger partial charge in [0.1, 0.15) is 5.82 Å². The van der Waals surface area contributed by atoms with Crippen LogP contribution in [0.5, 0.6) is 0 Å². The average molecular weight is 405 g/mol. The van der Waals surface area contributed by atoms with Crippen molar-refractivity contribution in [2.75, 3.05) is 5.32 Å². The van der Waals surface area contributed by atoms with E-state index in [2.05, 4.69) is 72.3 Å². The summed E-state index contributed by atoms with van der Waals surface area (Å²) < 4.78 is 2.22. The van der Waals surface area contributed by atoms with Crippen LogP contribution < -0.4 is 5.32 Å². The second kappa shape index (κ2) is 9.92. The summed E-state index contributed by atoms with van der Waals surface area (Å²) in [5.41, 5.74) is 7.82. The van der Waals surface area contributed by atoms with Gasteiger partial charge in [-0.15, -0.1) is 0 Å². The molecule has 2 aromatic heterocycles. The van der Waals surface area contributed by atoms with Crippen molar-refractivity contribution in [3.8, 4) is 11.1 Å². The van der Waals surface area contributed by atoms with E-state index in [1.807, 2.05) is 19.4 Å². The summed E-state index contributed by atoms with van der Waals surface area (Å²) in [7, 11) is 0. The normalized spacial score (nSPS) is 13.8. The van der Waals surface area contributed by atoms with Gasteiger partial charge in [0.05, 0.1) is 17.4 Å². The molecule has 0 spiro atoms. The number of allylic oxidation sites excluding steroid dienone is 1. The van der Waals surface area contributed by atoms with E-state index in [1.165, 1.54) is 60.7 Å². The molecule has 160 valence electrons. The Morgan fingerprint density at radius 3 is 2.17 bits per heavy atom. The maximum absolute atomic E-state index is 4.58. The van der Waals surface area contributed by atoms with E-state index >= 15 is 0 Å². The number of nitrogens with one attached hydrogen (secondary N) is 1. The lowest BCUT2D eigenvalue weighted by Crippen LogP contribution is -2.00. The van der Waals surface area contributed by atoms with Gasteiger partial charge >= 0.3 is 0 Å². The Kier molecular flexibility index (Phi) is 7.30. The molecule has 1 saturated carbocycles. The van der Waals surface area contributed by atoms with Crippen LogP contribution >= 0.6 is 0 Å². The Balaban J connectivity index is 0.000000367. The number of fused-ring (bicyclic) bond motifs is 1. The summed E-state index contributed by atoms with van der Waals surface area (Å²) in [5.74, 6) is 0.818. The van der Waals surface area contributed by atoms with Crippen LogP contribution in [0.4, 0.5) is 5.82 Å². The Morgan fingerprint density at radius 2 is 1.60 bits per heavy atom. The number of hydrogen-bond donors (Lipinski definition) is 1. The van der Waals surface area contributed by atoms with E-state index in [9.17, 15) is 0 Å². The molecule has 0 saturated heterocycles. The SMILES string of the molecule is C1CCCCC1.C=C(C)Nc1cc(-c2cc(C)c3ncn(C(C)C)c3c2)c(C)cn1. The van der Waals surface area contributed by atoms with Gasteiger partial charge in [-0.05, 0) is 75.1 Å². The lowest BCUT2D eigenvalue weighted by atomic mass is 9.99. The van der Waals surface area contributed by atoms with Crippen LogP contribution in [0.25, 0.3) is 22.2 Å². The van der Waals surface area contributed by atoms with Crippen LogP contribution in [0.15, 0.2) is 43.0 Å². The average Bonchev–Trinajstić information content (AvgIpc) is 3.16. The molecule has 2 heterocycles. The molecule has 0 unspecified atom stereocenters. The van der Waals surface area contributed by atoms with Crippen molar-refractivity contribution in [1.29, 1.82) is 0 Å². The van der Waals surface area contributed by atoms with Gasteiger partial charge in [-0.2, -0.15) is 0 Å². The van der Waals surface area contributed by atoms with Gasteiger partial charge in [0.15, 0.2) is 0 Å². The second-order valence-electron chi connectivity index (χ2n) is 8.82. The molecule has 3 aromatic rings. The van der Waals surface area contributed by atoms with Crippen LogP contribution in [0, 0.1) is 13.8 Å². The van der Waals surface area contributed by atoms with Crippen molar-refractivity contribution >= 4 is 16.9 Å². The van der Waals surface area contributed by atoms with E-state index in [0.717, 1.165) is 22.6 Å². The van der Waals surface area contributed by atoms with Crippen molar-refractivity contribution < 1.29 is 0 Å². The van der Waals surface area contributed by atoms with E-state index in [0.29, 0.717) is 6.04 Å². The zero-order valence-electron chi connectivity index (χ0n) is 19.3. The molecule has 1 aliphatic carbocycles. The fourth-order valence-corrected chi connectivity index (χ4v) is 4.06. The quantitative estimate of drug-likeness (QED) is 0.487. The molecule has 0 aliphatic heterocycles. The minimum absolute atomic E-state index is 0.379. The molecule has 4 nitrogen and oxygen atoms in total. The third-order valence-corrected chi connectivity index (χ3v) is 5.68. The highest BCUT2D eigenvalue weighted by Crippen LogP contribution is 2.31. The molecule has 0 atom stereocenters. The first-order valence-corrected chi connectivity index (χ1v) is 11.2. The first-order chi connectivity index (χ1) is 14.4. The molecular formula is C26H36N4. The molecular weight excluding hydrogens is 368 g/mol. The number of rotatable bonds is 4. The Labute approximate surface area is 181 Å². The number of aromatic nitrogens is 3. The maximum Gasteiger partial charge on any atom is 0.130 e. The van der Waals surface area contributed by atoms with Gasteiger partial charge in [0, 0.05) is 17.9 Å². The lowest BCUT2D eigenvalue weighted by Gasteiger charge is -2.13. The largest absolute Gasteiger partial charge is 0.345 e. The number of imidazole rings is 1. The van der Waals surface area contributed by atoms with Crippen molar-refractivity contribution in [3.05, 3.63) is 54.1 Å². The van der Waals surface area contributed by atoms with E-state index in [1.54, 1.807) is 0 Å². The third-order valence-electron chi connectivity index (χ3n) is 5.68. The molecule has 0 radical (unpaired) electrons. The van der Waals surface area contributed by atoms with Gasteiger partial charge in [-0.3, -0.25) is 0 Å². The van der Waals surface area contributed by atoms with E-state index in [4.69, 9.17) is 0 Å². The van der Waals surface area contributed by atoms with Crippen molar-refractivity contribution in [3.63, 3.8) is 0 Å². The van der Waals surface area contributed by atoms with Crippen LogP contribution in [-0.2, 0) is 0 Å². The fraction of sp³-hybridized carbons (Fsp3) is 0.462. The number of benzene rings is 1. The molecule has 1 aliphatic rings. The molecule has 4 heteroatoms. The van der Waals surface area contributed by atoms with Crippen molar-refractivity contribution in [1.82, 2.24) is 14.5 Å². The van der Waals surface area contributed by atoms with Gasteiger partial charge in [0.2, 0.25) is 0 Å². The van der Waals surface area contributed by atoms with Gasteiger partial charge in [-0.1, -0.05) is 45.1 Å². The molecule has 0 amide bonds. The van der Waals surface area contributed by atoms with Gasteiger partial charge in [0.25, 0.3) is 0 Å². The topological polar surface area (TPSA) is 42.7 Å². The van der Waals surface area contributed by atoms with Crippen molar-refractivity contribution in [2.24, 2.45) is 0 Å². The number of nitrogens with zero attached hydrogens (tertiary/aromatic N) is 3. The maximum atomic E-state index is 4.58. The number of pyridine rings is 1. The highest BCUT2D eigenvalue weighted by Gasteiger charge is 2.12. The summed E-state index contributed by atoms with van der Waals surface area (Å²) in [4.78, 5) is 9.02. The minimum Gasteiger partial charge on any atom is -0.345 e. The third kappa shape index (κ3) is 5.29. The predicted octanol–water partition coefficient (Wildman–Crippen LogP) is 7.58. The van der Waals surface area contributed by atoms with Crippen molar-refractivity contribution in [2.45, 2.75) is 79.2 Å². The molecule has 1 N–H and O–H groups in total. The highest BCUT2D eigenvalue weighted by molar-refractivity contribution is 5.86.